The van der Waals surface area contributed by atoms with Crippen LogP contribution in [0.25, 0.3) is 22.3 Å². The summed E-state index contributed by atoms with van der Waals surface area (Å²) < 4.78 is 5.53. The van der Waals surface area contributed by atoms with Crippen molar-refractivity contribution >= 4 is 22.8 Å². The number of hydrogen-bond acceptors (Lipinski definition) is 5. The van der Waals surface area contributed by atoms with Crippen molar-refractivity contribution in [3.63, 3.8) is 0 Å². The number of carbonyl (C=O) groups is 1. The minimum Gasteiger partial charge on any atom is -0.484 e. The summed E-state index contributed by atoms with van der Waals surface area (Å²) in [4.78, 5) is 25.0. The van der Waals surface area contributed by atoms with Gasteiger partial charge < -0.3 is 10.1 Å². The van der Waals surface area contributed by atoms with Crippen LogP contribution in [0.1, 0.15) is 0 Å². The van der Waals surface area contributed by atoms with Gasteiger partial charge in [0, 0.05) is 11.8 Å². The van der Waals surface area contributed by atoms with E-state index in [1.165, 1.54) is 0 Å². The van der Waals surface area contributed by atoms with E-state index in [1.54, 1.807) is 42.7 Å². The maximum Gasteiger partial charge on any atom is 0.263 e. The maximum absolute atomic E-state index is 11.9. The first-order valence-corrected chi connectivity index (χ1v) is 8.44. The van der Waals surface area contributed by atoms with Crippen LogP contribution in [-0.4, -0.2) is 27.5 Å². The summed E-state index contributed by atoms with van der Waals surface area (Å²) in [6.45, 7) is -0.0916. The molecule has 4 aromatic rings. The lowest BCUT2D eigenvalue weighted by Crippen LogP contribution is -2.20. The van der Waals surface area contributed by atoms with Crippen molar-refractivity contribution in [2.45, 2.75) is 0 Å². The number of pyridine rings is 1. The topological polar surface area (TPSA) is 77.0 Å². The van der Waals surface area contributed by atoms with Gasteiger partial charge in [-0.1, -0.05) is 18.2 Å². The van der Waals surface area contributed by atoms with Crippen molar-refractivity contribution in [3.05, 3.63) is 79.1 Å². The maximum atomic E-state index is 11.9. The van der Waals surface area contributed by atoms with E-state index in [9.17, 15) is 4.79 Å². The molecule has 2 heterocycles. The zero-order valence-electron chi connectivity index (χ0n) is 14.4. The molecule has 0 saturated carbocycles. The number of hydrogen-bond donors (Lipinski definition) is 1. The van der Waals surface area contributed by atoms with Gasteiger partial charge in [-0.3, -0.25) is 9.78 Å². The third-order valence-corrected chi connectivity index (χ3v) is 3.90. The Morgan fingerprint density at radius 2 is 1.67 bits per heavy atom. The number of amides is 1. The quantitative estimate of drug-likeness (QED) is 0.590. The lowest BCUT2D eigenvalue weighted by molar-refractivity contribution is -0.118. The monoisotopic (exact) mass is 356 g/mol. The molecule has 2 aromatic carbocycles. The summed E-state index contributed by atoms with van der Waals surface area (Å²) in [5.74, 6) is 0.832. The third kappa shape index (κ3) is 4.07. The Labute approximate surface area is 155 Å². The second-order valence-electron chi connectivity index (χ2n) is 5.82. The van der Waals surface area contributed by atoms with Crippen molar-refractivity contribution in [3.8, 4) is 17.0 Å². The van der Waals surface area contributed by atoms with Crippen LogP contribution < -0.4 is 10.1 Å². The van der Waals surface area contributed by atoms with Gasteiger partial charge in [-0.25, -0.2) is 9.97 Å². The smallest absolute Gasteiger partial charge is 0.263 e. The van der Waals surface area contributed by atoms with Crippen LogP contribution in [0.4, 0.5) is 5.82 Å². The second kappa shape index (κ2) is 7.61. The molecule has 27 heavy (non-hydrogen) atoms. The van der Waals surface area contributed by atoms with Crippen LogP contribution >= 0.6 is 0 Å². The zero-order valence-corrected chi connectivity index (χ0v) is 14.4. The van der Waals surface area contributed by atoms with Gasteiger partial charge in [0.05, 0.1) is 22.9 Å². The normalized spacial score (nSPS) is 10.5. The number of anilines is 1. The number of nitrogens with zero attached hydrogens (tertiary/aromatic N) is 3. The molecule has 0 aliphatic carbocycles. The fraction of sp³-hybridized carbons (Fsp3) is 0.0476. The van der Waals surface area contributed by atoms with E-state index >= 15 is 0 Å². The number of nitrogens with one attached hydrogen (secondary N) is 1. The third-order valence-electron chi connectivity index (χ3n) is 3.90. The molecule has 0 spiro atoms. The molecule has 0 bridgehead atoms. The molecular weight excluding hydrogens is 340 g/mol. The fourth-order valence-electron chi connectivity index (χ4n) is 2.58. The lowest BCUT2D eigenvalue weighted by atomic mass is 10.1. The van der Waals surface area contributed by atoms with Gasteiger partial charge in [-0.05, 0) is 48.5 Å². The van der Waals surface area contributed by atoms with Gasteiger partial charge in [0.1, 0.15) is 11.6 Å². The van der Waals surface area contributed by atoms with E-state index in [0.29, 0.717) is 11.6 Å². The Bertz CT molecular complexity index is 1070. The lowest BCUT2D eigenvalue weighted by Gasteiger charge is -2.08. The standard InChI is InChI=1S/C21H16N4O2/c26-21(25-20-7-3-4-12-22-20)14-27-16-10-8-15(9-11-16)19-13-23-17-5-1-2-6-18(17)24-19/h1-13H,14H2,(H,22,25,26). The Morgan fingerprint density at radius 1 is 0.889 bits per heavy atom. The van der Waals surface area contributed by atoms with Gasteiger partial charge in [-0.15, -0.1) is 0 Å². The molecular formula is C21H16N4O2. The van der Waals surface area contributed by atoms with E-state index in [-0.39, 0.29) is 12.5 Å². The molecule has 0 unspecified atom stereocenters. The molecule has 4 rings (SSSR count). The van der Waals surface area contributed by atoms with Crippen LogP contribution in [0.15, 0.2) is 79.1 Å². The summed E-state index contributed by atoms with van der Waals surface area (Å²) in [5.41, 5.74) is 3.42. The van der Waals surface area contributed by atoms with Crippen LogP contribution in [0.2, 0.25) is 0 Å². The number of benzene rings is 2. The van der Waals surface area contributed by atoms with Crippen molar-refractivity contribution in [1.82, 2.24) is 15.0 Å². The zero-order chi connectivity index (χ0) is 18.5. The first kappa shape index (κ1) is 16.7. The minimum absolute atomic E-state index is 0.0916. The molecule has 0 saturated heterocycles. The predicted octanol–water partition coefficient (Wildman–Crippen LogP) is 3.71. The molecule has 132 valence electrons. The summed E-state index contributed by atoms with van der Waals surface area (Å²) in [7, 11) is 0. The predicted molar refractivity (Wildman–Crippen MR) is 103 cm³/mol. The summed E-state index contributed by atoms with van der Waals surface area (Å²) in [6.07, 6.45) is 3.36. The Morgan fingerprint density at radius 3 is 2.44 bits per heavy atom. The molecule has 1 amide bonds. The molecule has 0 atom stereocenters. The highest BCUT2D eigenvalue weighted by Gasteiger charge is 2.06. The van der Waals surface area contributed by atoms with Crippen LogP contribution in [0.5, 0.6) is 5.75 Å². The van der Waals surface area contributed by atoms with Gasteiger partial charge in [0.15, 0.2) is 6.61 Å². The fourth-order valence-corrected chi connectivity index (χ4v) is 2.58. The number of para-hydroxylation sites is 2. The average Bonchev–Trinajstić information content (AvgIpc) is 2.73. The van der Waals surface area contributed by atoms with Crippen molar-refractivity contribution < 1.29 is 9.53 Å². The molecule has 0 radical (unpaired) electrons. The number of fused-ring (bicyclic) bond motifs is 1. The molecule has 2 aromatic heterocycles. The molecule has 0 aliphatic heterocycles. The first-order valence-electron chi connectivity index (χ1n) is 8.44. The number of carbonyl (C=O) groups excluding carboxylic acids is 1. The van der Waals surface area contributed by atoms with Crippen LogP contribution in [0.3, 0.4) is 0 Å². The number of ether oxygens (including phenoxy) is 1. The summed E-state index contributed by atoms with van der Waals surface area (Å²) >= 11 is 0. The van der Waals surface area contributed by atoms with E-state index in [1.807, 2.05) is 36.4 Å². The molecule has 6 nitrogen and oxygen atoms in total. The highest BCUT2D eigenvalue weighted by molar-refractivity contribution is 5.90. The van der Waals surface area contributed by atoms with Gasteiger partial charge in [-0.2, -0.15) is 0 Å². The van der Waals surface area contributed by atoms with Crippen molar-refractivity contribution in [2.24, 2.45) is 0 Å². The summed E-state index contributed by atoms with van der Waals surface area (Å²) in [5, 5.41) is 2.67. The van der Waals surface area contributed by atoms with Crippen LogP contribution in [0, 0.1) is 0 Å². The van der Waals surface area contributed by atoms with E-state index in [4.69, 9.17) is 4.74 Å². The Balaban J connectivity index is 1.40. The van der Waals surface area contributed by atoms with E-state index < -0.39 is 0 Å². The average molecular weight is 356 g/mol. The highest BCUT2D eigenvalue weighted by Crippen LogP contribution is 2.22. The largest absolute Gasteiger partial charge is 0.484 e. The molecule has 0 fully saturated rings. The summed E-state index contributed by atoms with van der Waals surface area (Å²) in [6, 6.07) is 20.4. The number of aromatic nitrogens is 3. The van der Waals surface area contributed by atoms with Crippen molar-refractivity contribution in [2.75, 3.05) is 11.9 Å². The SMILES string of the molecule is O=C(COc1ccc(-c2cnc3ccccc3n2)cc1)Nc1ccccn1. The highest BCUT2D eigenvalue weighted by atomic mass is 16.5. The second-order valence-corrected chi connectivity index (χ2v) is 5.82. The molecule has 0 aliphatic rings. The van der Waals surface area contributed by atoms with Gasteiger partial charge in [0.25, 0.3) is 5.91 Å². The van der Waals surface area contributed by atoms with E-state index in [2.05, 4.69) is 20.3 Å². The molecule has 1 N–H and O–H groups in total. The minimum atomic E-state index is -0.266. The van der Waals surface area contributed by atoms with Crippen molar-refractivity contribution in [1.29, 1.82) is 0 Å². The first-order chi connectivity index (χ1) is 13.3. The molecule has 6 heteroatoms. The van der Waals surface area contributed by atoms with Gasteiger partial charge >= 0.3 is 0 Å². The van der Waals surface area contributed by atoms with Gasteiger partial charge in [0.2, 0.25) is 0 Å². The van der Waals surface area contributed by atoms with E-state index in [0.717, 1.165) is 22.3 Å². The Kier molecular flexibility index (Phi) is 4.70. The van der Waals surface area contributed by atoms with Crippen LogP contribution in [-0.2, 0) is 4.79 Å². The number of rotatable bonds is 5. The Hall–Kier alpha value is -3.80.